The van der Waals surface area contributed by atoms with Crippen molar-refractivity contribution in [3.8, 4) is 0 Å². The van der Waals surface area contributed by atoms with E-state index in [1.807, 2.05) is 0 Å². The van der Waals surface area contributed by atoms with Gasteiger partial charge >= 0.3 is 24.0 Å². The highest BCUT2D eigenvalue weighted by Crippen LogP contribution is 2.09. The minimum Gasteiger partial charge on any atom is -0.450 e. The monoisotopic (exact) mass is 370 g/mol. The van der Waals surface area contributed by atoms with Crippen molar-refractivity contribution >= 4 is 24.0 Å². The lowest BCUT2D eigenvalue weighted by molar-refractivity contribution is -0.153. The second-order valence-electron chi connectivity index (χ2n) is 5.96. The fraction of sp³-hybridized carbons (Fsp3) is 0.750. The standard InChI is InChI=1S/C16H26N4O6/c1-3-25-15(23)19-9-5-17(6-10-19)13(21)14(22)18-7-11-20(12-8-18)16(24)26-4-2/h3-12H2,1-2H3. The average molecular weight is 370 g/mol. The summed E-state index contributed by atoms with van der Waals surface area (Å²) in [5.74, 6) is -1.14. The van der Waals surface area contributed by atoms with Crippen LogP contribution in [0.3, 0.4) is 0 Å². The number of rotatable bonds is 2. The summed E-state index contributed by atoms with van der Waals surface area (Å²) in [6, 6.07) is 0. The van der Waals surface area contributed by atoms with Crippen molar-refractivity contribution in [3.63, 3.8) is 0 Å². The zero-order valence-corrected chi connectivity index (χ0v) is 15.3. The van der Waals surface area contributed by atoms with Crippen LogP contribution in [0.5, 0.6) is 0 Å². The van der Waals surface area contributed by atoms with Crippen molar-refractivity contribution in [1.82, 2.24) is 19.6 Å². The highest BCUT2D eigenvalue weighted by Gasteiger charge is 2.33. The van der Waals surface area contributed by atoms with Crippen molar-refractivity contribution in [2.45, 2.75) is 13.8 Å². The van der Waals surface area contributed by atoms with Crippen molar-refractivity contribution in [3.05, 3.63) is 0 Å². The molecule has 0 bridgehead atoms. The predicted molar refractivity (Wildman–Crippen MR) is 90.4 cm³/mol. The summed E-state index contributed by atoms with van der Waals surface area (Å²) < 4.78 is 9.86. The van der Waals surface area contributed by atoms with Crippen molar-refractivity contribution in [2.75, 3.05) is 65.6 Å². The van der Waals surface area contributed by atoms with Crippen LogP contribution in [0.1, 0.15) is 13.8 Å². The van der Waals surface area contributed by atoms with Gasteiger partial charge in [0.1, 0.15) is 0 Å². The highest BCUT2D eigenvalue weighted by molar-refractivity contribution is 6.35. The van der Waals surface area contributed by atoms with E-state index in [1.165, 1.54) is 19.6 Å². The molecular formula is C16H26N4O6. The smallest absolute Gasteiger partial charge is 0.409 e. The Bertz CT molecular complexity index is 491. The molecule has 2 rings (SSSR count). The molecule has 10 heteroatoms. The van der Waals surface area contributed by atoms with Gasteiger partial charge in [-0.3, -0.25) is 9.59 Å². The number of piperazine rings is 2. The molecule has 4 amide bonds. The SMILES string of the molecule is CCOC(=O)N1CCN(C(=O)C(=O)N2CCN(C(=O)OCC)CC2)CC1. The molecule has 10 nitrogen and oxygen atoms in total. The van der Waals surface area contributed by atoms with Crippen LogP contribution >= 0.6 is 0 Å². The van der Waals surface area contributed by atoms with Crippen LogP contribution < -0.4 is 0 Å². The fourth-order valence-corrected chi connectivity index (χ4v) is 2.88. The van der Waals surface area contributed by atoms with Crippen LogP contribution in [-0.4, -0.2) is 109 Å². The number of amides is 4. The molecule has 2 saturated heterocycles. The molecule has 0 aromatic rings. The zero-order chi connectivity index (χ0) is 19.1. The van der Waals surface area contributed by atoms with Gasteiger partial charge in [0.2, 0.25) is 0 Å². The van der Waals surface area contributed by atoms with Gasteiger partial charge in [-0.15, -0.1) is 0 Å². The summed E-state index contributed by atoms with van der Waals surface area (Å²) in [7, 11) is 0. The molecule has 0 unspecified atom stereocenters. The molecule has 2 fully saturated rings. The van der Waals surface area contributed by atoms with Gasteiger partial charge in [-0.1, -0.05) is 0 Å². The van der Waals surface area contributed by atoms with E-state index in [2.05, 4.69) is 0 Å². The average Bonchev–Trinajstić information content (AvgIpc) is 2.67. The maximum absolute atomic E-state index is 12.4. The molecule has 0 aliphatic carbocycles. The number of nitrogens with zero attached hydrogens (tertiary/aromatic N) is 4. The maximum Gasteiger partial charge on any atom is 0.409 e. The number of hydrogen-bond acceptors (Lipinski definition) is 6. The van der Waals surface area contributed by atoms with E-state index < -0.39 is 24.0 Å². The van der Waals surface area contributed by atoms with E-state index in [-0.39, 0.29) is 0 Å². The summed E-state index contributed by atoms with van der Waals surface area (Å²) >= 11 is 0. The van der Waals surface area contributed by atoms with Gasteiger partial charge in [-0.2, -0.15) is 0 Å². The Labute approximate surface area is 152 Å². The van der Waals surface area contributed by atoms with E-state index in [0.717, 1.165) is 0 Å². The van der Waals surface area contributed by atoms with E-state index >= 15 is 0 Å². The Morgan fingerprint density at radius 2 is 0.846 bits per heavy atom. The Hall–Kier alpha value is -2.52. The van der Waals surface area contributed by atoms with Crippen LogP contribution in [0.25, 0.3) is 0 Å². The summed E-state index contributed by atoms with van der Waals surface area (Å²) in [5, 5.41) is 0. The van der Waals surface area contributed by atoms with Gasteiger partial charge in [0.25, 0.3) is 0 Å². The lowest BCUT2D eigenvalue weighted by atomic mass is 10.2. The summed E-state index contributed by atoms with van der Waals surface area (Å²) in [6.45, 7) is 6.63. The van der Waals surface area contributed by atoms with Crippen LogP contribution in [0.2, 0.25) is 0 Å². The third-order valence-electron chi connectivity index (χ3n) is 4.37. The summed E-state index contributed by atoms with van der Waals surface area (Å²) in [5.41, 5.74) is 0. The summed E-state index contributed by atoms with van der Waals surface area (Å²) in [6.07, 6.45) is -0.804. The lowest BCUT2D eigenvalue weighted by Crippen LogP contribution is -2.57. The molecule has 0 aromatic heterocycles. The molecule has 2 aliphatic heterocycles. The molecule has 2 aliphatic rings. The molecule has 2 heterocycles. The molecule has 0 spiro atoms. The molecule has 0 saturated carbocycles. The second kappa shape index (κ2) is 9.25. The predicted octanol–water partition coefficient (Wildman–Crippen LogP) is -0.412. The van der Waals surface area contributed by atoms with Gasteiger partial charge in [0, 0.05) is 52.4 Å². The Balaban J connectivity index is 1.79. The minimum absolute atomic E-state index is 0.298. The lowest BCUT2D eigenvalue weighted by Gasteiger charge is -2.37. The third kappa shape index (κ3) is 4.77. The molecule has 0 aromatic carbocycles. The first-order valence-corrected chi connectivity index (χ1v) is 8.89. The van der Waals surface area contributed by atoms with Crippen molar-refractivity contribution in [1.29, 1.82) is 0 Å². The molecule has 0 radical (unpaired) electrons. The van der Waals surface area contributed by atoms with Crippen LogP contribution in [-0.2, 0) is 19.1 Å². The topological polar surface area (TPSA) is 99.7 Å². The van der Waals surface area contributed by atoms with E-state index in [0.29, 0.717) is 65.6 Å². The van der Waals surface area contributed by atoms with Gasteiger partial charge < -0.3 is 29.1 Å². The summed E-state index contributed by atoms with van der Waals surface area (Å²) in [4.78, 5) is 54.1. The fourth-order valence-electron chi connectivity index (χ4n) is 2.88. The second-order valence-corrected chi connectivity index (χ2v) is 5.96. The van der Waals surface area contributed by atoms with E-state index in [4.69, 9.17) is 9.47 Å². The maximum atomic E-state index is 12.4. The normalized spacial score (nSPS) is 17.8. The minimum atomic E-state index is -0.571. The Morgan fingerprint density at radius 3 is 1.12 bits per heavy atom. The Kier molecular flexibility index (Phi) is 7.05. The first-order chi connectivity index (χ1) is 12.5. The first kappa shape index (κ1) is 19.8. The van der Waals surface area contributed by atoms with Gasteiger partial charge in [-0.25, -0.2) is 9.59 Å². The van der Waals surface area contributed by atoms with Crippen molar-refractivity contribution in [2.24, 2.45) is 0 Å². The highest BCUT2D eigenvalue weighted by atomic mass is 16.6. The number of hydrogen-bond donors (Lipinski definition) is 0. The largest absolute Gasteiger partial charge is 0.450 e. The number of carbonyl (C=O) groups excluding carboxylic acids is 4. The number of ether oxygens (including phenoxy) is 2. The Morgan fingerprint density at radius 1 is 0.577 bits per heavy atom. The molecule has 26 heavy (non-hydrogen) atoms. The third-order valence-corrected chi connectivity index (χ3v) is 4.37. The molecule has 0 N–H and O–H groups in total. The molecule has 146 valence electrons. The van der Waals surface area contributed by atoms with Crippen LogP contribution in [0.15, 0.2) is 0 Å². The van der Waals surface area contributed by atoms with Crippen molar-refractivity contribution < 1.29 is 28.7 Å². The van der Waals surface area contributed by atoms with Gasteiger partial charge in [0.05, 0.1) is 13.2 Å². The van der Waals surface area contributed by atoms with Gasteiger partial charge in [0.15, 0.2) is 0 Å². The number of carbonyl (C=O) groups is 4. The first-order valence-electron chi connectivity index (χ1n) is 8.89. The van der Waals surface area contributed by atoms with E-state index in [9.17, 15) is 19.2 Å². The van der Waals surface area contributed by atoms with Crippen LogP contribution in [0, 0.1) is 0 Å². The molecule has 0 atom stereocenters. The van der Waals surface area contributed by atoms with Crippen LogP contribution in [0.4, 0.5) is 9.59 Å². The van der Waals surface area contributed by atoms with E-state index in [1.54, 1.807) is 13.8 Å². The van der Waals surface area contributed by atoms with Gasteiger partial charge in [-0.05, 0) is 13.8 Å². The quantitative estimate of drug-likeness (QED) is 0.613. The zero-order valence-electron chi connectivity index (χ0n) is 15.3. The molecular weight excluding hydrogens is 344 g/mol.